The molecule has 0 saturated heterocycles. The number of aliphatic hydroxyl groups excluding tert-OH is 1. The number of rotatable bonds is 4. The van der Waals surface area contributed by atoms with E-state index in [1.165, 1.54) is 7.05 Å². The average molecular weight is 288 g/mol. The number of hydrogen-bond donors (Lipinski definition) is 3. The zero-order valence-electron chi connectivity index (χ0n) is 9.12. The number of likely N-dealkylation sites (N-methyl/N-ethyl adjacent to an activating group) is 1. The van der Waals surface area contributed by atoms with Crippen LogP contribution in [0.25, 0.3) is 0 Å². The van der Waals surface area contributed by atoms with Gasteiger partial charge in [-0.3, -0.25) is 4.79 Å². The molecule has 1 aromatic rings. The van der Waals surface area contributed by atoms with E-state index < -0.39 is 12.0 Å². The third kappa shape index (κ3) is 3.79. The van der Waals surface area contributed by atoms with Crippen LogP contribution >= 0.6 is 15.9 Å². The summed E-state index contributed by atoms with van der Waals surface area (Å²) < 4.78 is 0.900. The van der Waals surface area contributed by atoms with E-state index in [1.807, 2.05) is 13.0 Å². The van der Waals surface area contributed by atoms with Gasteiger partial charge in [0.2, 0.25) is 5.91 Å². The van der Waals surface area contributed by atoms with E-state index in [0.717, 1.165) is 10.2 Å². The maximum Gasteiger partial charge on any atom is 0.250 e. The molecule has 16 heavy (non-hydrogen) atoms. The van der Waals surface area contributed by atoms with Crippen molar-refractivity contribution < 1.29 is 9.90 Å². The standard InChI is InChI=1S/C10H14BrN3O2/c1-6-3-7(11)4-9(14-6)13-5-8(15)10(16)12-2/h3-4,8,15H,5H2,1-2H3,(H,12,16)(H,13,14). The van der Waals surface area contributed by atoms with E-state index in [-0.39, 0.29) is 6.54 Å². The first-order chi connectivity index (χ1) is 7.52. The van der Waals surface area contributed by atoms with Crippen molar-refractivity contribution in [3.8, 4) is 0 Å². The van der Waals surface area contributed by atoms with Crippen LogP contribution in [0.2, 0.25) is 0 Å². The zero-order chi connectivity index (χ0) is 12.1. The van der Waals surface area contributed by atoms with Gasteiger partial charge in [-0.1, -0.05) is 15.9 Å². The Morgan fingerprint density at radius 1 is 1.62 bits per heavy atom. The second-order valence-electron chi connectivity index (χ2n) is 3.32. The molecule has 5 nitrogen and oxygen atoms in total. The predicted octanol–water partition coefficient (Wildman–Crippen LogP) is 0.671. The summed E-state index contributed by atoms with van der Waals surface area (Å²) in [6, 6.07) is 3.66. The van der Waals surface area contributed by atoms with Crippen molar-refractivity contribution in [2.75, 3.05) is 18.9 Å². The number of nitrogens with zero attached hydrogens (tertiary/aromatic N) is 1. The lowest BCUT2D eigenvalue weighted by Crippen LogP contribution is -2.36. The topological polar surface area (TPSA) is 74.2 Å². The zero-order valence-corrected chi connectivity index (χ0v) is 10.7. The number of nitrogens with one attached hydrogen (secondary N) is 2. The number of hydrogen-bond acceptors (Lipinski definition) is 4. The number of aryl methyl sites for hydroxylation is 1. The molecule has 3 N–H and O–H groups in total. The van der Waals surface area contributed by atoms with Crippen molar-refractivity contribution in [2.24, 2.45) is 0 Å². The summed E-state index contributed by atoms with van der Waals surface area (Å²) in [4.78, 5) is 15.2. The molecule has 1 unspecified atom stereocenters. The molecule has 1 rings (SSSR count). The molecule has 1 amide bonds. The Morgan fingerprint density at radius 2 is 2.31 bits per heavy atom. The minimum Gasteiger partial charge on any atom is -0.381 e. The molecule has 6 heteroatoms. The van der Waals surface area contributed by atoms with Gasteiger partial charge in [-0.2, -0.15) is 0 Å². The maximum atomic E-state index is 11.0. The lowest BCUT2D eigenvalue weighted by Gasteiger charge is -2.11. The number of pyridine rings is 1. The van der Waals surface area contributed by atoms with Gasteiger partial charge in [0, 0.05) is 17.2 Å². The summed E-state index contributed by atoms with van der Waals surface area (Å²) in [7, 11) is 1.48. The molecule has 0 radical (unpaired) electrons. The number of carbonyl (C=O) groups excluding carboxylic acids is 1. The first-order valence-electron chi connectivity index (χ1n) is 4.80. The molecule has 0 saturated carbocycles. The van der Waals surface area contributed by atoms with Gasteiger partial charge in [0.1, 0.15) is 11.9 Å². The van der Waals surface area contributed by atoms with E-state index in [2.05, 4.69) is 31.5 Å². The highest BCUT2D eigenvalue weighted by Crippen LogP contribution is 2.15. The Bertz CT molecular complexity index is 364. The van der Waals surface area contributed by atoms with Crippen molar-refractivity contribution in [3.63, 3.8) is 0 Å². The van der Waals surface area contributed by atoms with Crippen LogP contribution in [0.15, 0.2) is 16.6 Å². The average Bonchev–Trinajstić information content (AvgIpc) is 2.23. The van der Waals surface area contributed by atoms with Gasteiger partial charge in [-0.15, -0.1) is 0 Å². The Balaban J connectivity index is 2.57. The number of aliphatic hydroxyl groups is 1. The normalized spacial score (nSPS) is 12.0. The Labute approximate surface area is 102 Å². The maximum absolute atomic E-state index is 11.0. The third-order valence-electron chi connectivity index (χ3n) is 1.94. The lowest BCUT2D eigenvalue weighted by molar-refractivity contribution is -0.128. The number of aromatic nitrogens is 1. The van der Waals surface area contributed by atoms with Crippen LogP contribution < -0.4 is 10.6 Å². The minimum atomic E-state index is -1.08. The first-order valence-corrected chi connectivity index (χ1v) is 5.60. The van der Waals surface area contributed by atoms with Crippen LogP contribution in [-0.4, -0.2) is 35.7 Å². The fraction of sp³-hybridized carbons (Fsp3) is 0.400. The third-order valence-corrected chi connectivity index (χ3v) is 2.40. The molecule has 0 aliphatic carbocycles. The highest BCUT2D eigenvalue weighted by Gasteiger charge is 2.12. The molecular formula is C10H14BrN3O2. The monoisotopic (exact) mass is 287 g/mol. The second-order valence-corrected chi connectivity index (χ2v) is 4.24. The van der Waals surface area contributed by atoms with Crippen molar-refractivity contribution in [1.29, 1.82) is 0 Å². The van der Waals surface area contributed by atoms with Crippen LogP contribution in [0.1, 0.15) is 5.69 Å². The van der Waals surface area contributed by atoms with Crippen LogP contribution in [-0.2, 0) is 4.79 Å². The molecule has 0 bridgehead atoms. The molecule has 0 aromatic carbocycles. The molecule has 1 atom stereocenters. The van der Waals surface area contributed by atoms with Gasteiger partial charge in [0.05, 0.1) is 6.54 Å². The predicted molar refractivity (Wildman–Crippen MR) is 65.2 cm³/mol. The fourth-order valence-corrected chi connectivity index (χ4v) is 1.73. The van der Waals surface area contributed by atoms with E-state index in [1.54, 1.807) is 6.07 Å². The highest BCUT2D eigenvalue weighted by molar-refractivity contribution is 9.10. The quantitative estimate of drug-likeness (QED) is 0.761. The lowest BCUT2D eigenvalue weighted by atomic mass is 10.3. The largest absolute Gasteiger partial charge is 0.381 e. The first kappa shape index (κ1) is 12.9. The molecule has 0 fully saturated rings. The van der Waals surface area contributed by atoms with Crippen LogP contribution in [0.3, 0.4) is 0 Å². The van der Waals surface area contributed by atoms with Crippen LogP contribution in [0.5, 0.6) is 0 Å². The summed E-state index contributed by atoms with van der Waals surface area (Å²) >= 11 is 3.34. The molecule has 0 spiro atoms. The molecule has 88 valence electrons. The highest BCUT2D eigenvalue weighted by atomic mass is 79.9. The summed E-state index contributed by atoms with van der Waals surface area (Å²) in [5, 5.41) is 14.7. The van der Waals surface area contributed by atoms with Gasteiger partial charge in [0.15, 0.2) is 0 Å². The second kappa shape index (κ2) is 5.81. The van der Waals surface area contributed by atoms with Crippen molar-refractivity contribution >= 4 is 27.7 Å². The van der Waals surface area contributed by atoms with Crippen molar-refractivity contribution in [3.05, 3.63) is 22.3 Å². The Morgan fingerprint density at radius 3 is 2.88 bits per heavy atom. The van der Waals surface area contributed by atoms with Crippen molar-refractivity contribution in [1.82, 2.24) is 10.3 Å². The Hall–Kier alpha value is -1.14. The molecule has 1 heterocycles. The number of amides is 1. The molecule has 0 aliphatic rings. The number of carbonyl (C=O) groups is 1. The van der Waals surface area contributed by atoms with E-state index in [9.17, 15) is 9.90 Å². The SMILES string of the molecule is CNC(=O)C(O)CNc1cc(Br)cc(C)n1. The van der Waals surface area contributed by atoms with Gasteiger partial charge in [0.25, 0.3) is 0 Å². The number of halogens is 1. The van der Waals surface area contributed by atoms with E-state index in [4.69, 9.17) is 0 Å². The minimum absolute atomic E-state index is 0.128. The van der Waals surface area contributed by atoms with Gasteiger partial charge < -0.3 is 15.7 Å². The number of anilines is 1. The smallest absolute Gasteiger partial charge is 0.250 e. The van der Waals surface area contributed by atoms with E-state index in [0.29, 0.717) is 5.82 Å². The fourth-order valence-electron chi connectivity index (χ4n) is 1.18. The van der Waals surface area contributed by atoms with Crippen molar-refractivity contribution in [2.45, 2.75) is 13.0 Å². The van der Waals surface area contributed by atoms with Gasteiger partial charge in [-0.25, -0.2) is 4.98 Å². The Kier molecular flexibility index (Phi) is 4.70. The van der Waals surface area contributed by atoms with Gasteiger partial charge >= 0.3 is 0 Å². The summed E-state index contributed by atoms with van der Waals surface area (Å²) in [5.74, 6) is 0.203. The molecular weight excluding hydrogens is 274 g/mol. The van der Waals surface area contributed by atoms with Crippen LogP contribution in [0.4, 0.5) is 5.82 Å². The summed E-state index contributed by atoms with van der Waals surface area (Å²) in [6.45, 7) is 1.99. The molecule has 0 aliphatic heterocycles. The summed E-state index contributed by atoms with van der Waals surface area (Å²) in [5.41, 5.74) is 0.853. The van der Waals surface area contributed by atoms with Gasteiger partial charge in [-0.05, 0) is 19.1 Å². The van der Waals surface area contributed by atoms with E-state index >= 15 is 0 Å². The molecule has 1 aromatic heterocycles. The summed E-state index contributed by atoms with van der Waals surface area (Å²) in [6.07, 6.45) is -1.08. The van der Waals surface area contributed by atoms with Crippen LogP contribution in [0, 0.1) is 6.92 Å².